The Labute approximate surface area is 142 Å². The molecule has 2 aromatic carbocycles. The van der Waals surface area contributed by atoms with Crippen LogP contribution in [0.25, 0.3) is 0 Å². The van der Waals surface area contributed by atoms with Crippen LogP contribution in [-0.4, -0.2) is 12.0 Å². The van der Waals surface area contributed by atoms with E-state index in [1.807, 2.05) is 58.0 Å². The first-order chi connectivity index (χ1) is 10.8. The molecule has 1 N–H and O–H groups in total. The second-order valence-electron chi connectivity index (χ2n) is 5.92. The summed E-state index contributed by atoms with van der Waals surface area (Å²) in [7, 11) is 0. The largest absolute Gasteiger partial charge is 0.481 e. The number of carbonyl (C=O) groups excluding carboxylic acids is 1. The third kappa shape index (κ3) is 4.26. The summed E-state index contributed by atoms with van der Waals surface area (Å²) in [6, 6.07) is 9.52. The van der Waals surface area contributed by atoms with Gasteiger partial charge in [-0.25, -0.2) is 0 Å². The molecule has 0 fully saturated rings. The number of rotatable bonds is 4. The Bertz CT molecular complexity index is 717. The molecule has 2 aromatic rings. The zero-order chi connectivity index (χ0) is 17.1. The highest BCUT2D eigenvalue weighted by Gasteiger charge is 2.16. The minimum Gasteiger partial charge on any atom is -0.481 e. The van der Waals surface area contributed by atoms with Crippen LogP contribution in [0.1, 0.15) is 29.2 Å². The molecule has 1 atom stereocenters. The van der Waals surface area contributed by atoms with Crippen molar-refractivity contribution in [2.24, 2.45) is 0 Å². The molecular weight excluding hydrogens is 310 g/mol. The van der Waals surface area contributed by atoms with Gasteiger partial charge in [-0.05, 0) is 81.1 Å². The second-order valence-corrected chi connectivity index (χ2v) is 6.30. The molecule has 0 aromatic heterocycles. The Morgan fingerprint density at radius 3 is 2.17 bits per heavy atom. The number of hydrogen-bond acceptors (Lipinski definition) is 2. The quantitative estimate of drug-likeness (QED) is 0.858. The molecule has 0 saturated carbocycles. The lowest BCUT2D eigenvalue weighted by molar-refractivity contribution is -0.122. The fourth-order valence-electron chi connectivity index (χ4n) is 2.29. The normalized spacial score (nSPS) is 11.9. The highest BCUT2D eigenvalue weighted by atomic mass is 35.5. The Morgan fingerprint density at radius 1 is 1.00 bits per heavy atom. The van der Waals surface area contributed by atoms with Gasteiger partial charge in [-0.3, -0.25) is 4.79 Å². The van der Waals surface area contributed by atoms with Crippen molar-refractivity contribution in [2.75, 3.05) is 5.32 Å². The number of nitrogens with one attached hydrogen (secondary N) is 1. The second kappa shape index (κ2) is 7.05. The molecule has 0 aliphatic rings. The fraction of sp³-hybridized carbons (Fsp3) is 0.316. The molecule has 0 aliphatic carbocycles. The Balaban J connectivity index is 2.06. The summed E-state index contributed by atoms with van der Waals surface area (Å²) in [5.74, 6) is 0.464. The number of anilines is 1. The van der Waals surface area contributed by atoms with Crippen LogP contribution in [0.15, 0.2) is 30.3 Å². The number of halogens is 1. The van der Waals surface area contributed by atoms with Gasteiger partial charge < -0.3 is 10.1 Å². The van der Waals surface area contributed by atoms with E-state index in [0.717, 1.165) is 27.4 Å². The van der Waals surface area contributed by atoms with Crippen LogP contribution >= 0.6 is 11.6 Å². The van der Waals surface area contributed by atoms with Crippen molar-refractivity contribution < 1.29 is 9.53 Å². The van der Waals surface area contributed by atoms with E-state index in [1.165, 1.54) is 5.56 Å². The van der Waals surface area contributed by atoms with E-state index < -0.39 is 6.10 Å². The van der Waals surface area contributed by atoms with E-state index in [2.05, 4.69) is 5.32 Å². The van der Waals surface area contributed by atoms with Crippen LogP contribution < -0.4 is 10.1 Å². The predicted octanol–water partition coefficient (Wildman–Crippen LogP) is 4.98. The smallest absolute Gasteiger partial charge is 0.265 e. The van der Waals surface area contributed by atoms with E-state index in [4.69, 9.17) is 16.3 Å². The topological polar surface area (TPSA) is 38.3 Å². The third-order valence-electron chi connectivity index (χ3n) is 3.87. The van der Waals surface area contributed by atoms with E-state index in [1.54, 1.807) is 6.92 Å². The predicted molar refractivity (Wildman–Crippen MR) is 95.6 cm³/mol. The summed E-state index contributed by atoms with van der Waals surface area (Å²) >= 11 is 6.15. The molecule has 1 amide bonds. The standard InChI is InChI=1S/C19H22ClNO2/c1-11-6-7-16(8-12(11)2)21-19(22)15(5)23-17-9-13(3)18(20)14(4)10-17/h6-10,15H,1-5H3,(H,21,22)/t15-/m1/s1. The highest BCUT2D eigenvalue weighted by molar-refractivity contribution is 6.32. The van der Waals surface area contributed by atoms with Crippen molar-refractivity contribution >= 4 is 23.2 Å². The van der Waals surface area contributed by atoms with Crippen molar-refractivity contribution in [1.29, 1.82) is 0 Å². The number of aryl methyl sites for hydroxylation is 4. The minimum atomic E-state index is -0.600. The van der Waals surface area contributed by atoms with Crippen LogP contribution in [0, 0.1) is 27.7 Å². The zero-order valence-corrected chi connectivity index (χ0v) is 14.9. The first kappa shape index (κ1) is 17.4. The molecule has 122 valence electrons. The first-order valence-electron chi connectivity index (χ1n) is 7.59. The number of ether oxygens (including phenoxy) is 1. The van der Waals surface area contributed by atoms with Gasteiger partial charge in [0.05, 0.1) is 0 Å². The lowest BCUT2D eigenvalue weighted by atomic mass is 10.1. The van der Waals surface area contributed by atoms with Gasteiger partial charge in [-0.1, -0.05) is 17.7 Å². The summed E-state index contributed by atoms with van der Waals surface area (Å²) in [6.07, 6.45) is -0.600. The maximum Gasteiger partial charge on any atom is 0.265 e. The van der Waals surface area contributed by atoms with Crippen molar-refractivity contribution in [3.63, 3.8) is 0 Å². The van der Waals surface area contributed by atoms with Crippen molar-refractivity contribution in [3.8, 4) is 5.75 Å². The maximum absolute atomic E-state index is 12.3. The molecule has 0 saturated heterocycles. The summed E-state index contributed by atoms with van der Waals surface area (Å²) < 4.78 is 5.75. The minimum absolute atomic E-state index is 0.182. The van der Waals surface area contributed by atoms with Crippen molar-refractivity contribution in [1.82, 2.24) is 0 Å². The number of hydrogen-bond donors (Lipinski definition) is 1. The molecule has 23 heavy (non-hydrogen) atoms. The van der Waals surface area contributed by atoms with Gasteiger partial charge in [0.2, 0.25) is 0 Å². The SMILES string of the molecule is Cc1ccc(NC(=O)[C@@H](C)Oc2cc(C)c(Cl)c(C)c2)cc1C. The molecule has 0 bridgehead atoms. The third-order valence-corrected chi connectivity index (χ3v) is 4.46. The maximum atomic E-state index is 12.3. The average molecular weight is 332 g/mol. The zero-order valence-electron chi connectivity index (χ0n) is 14.2. The van der Waals surface area contributed by atoms with Crippen LogP contribution in [0.4, 0.5) is 5.69 Å². The molecule has 3 nitrogen and oxygen atoms in total. The number of amides is 1. The van der Waals surface area contributed by atoms with Gasteiger partial charge in [0.1, 0.15) is 5.75 Å². The average Bonchev–Trinajstić information content (AvgIpc) is 2.48. The van der Waals surface area contributed by atoms with Crippen molar-refractivity contribution in [2.45, 2.75) is 40.7 Å². The van der Waals surface area contributed by atoms with E-state index in [9.17, 15) is 4.79 Å². The van der Waals surface area contributed by atoms with Crippen LogP contribution in [0.2, 0.25) is 5.02 Å². The van der Waals surface area contributed by atoms with E-state index in [-0.39, 0.29) is 5.91 Å². The van der Waals surface area contributed by atoms with E-state index >= 15 is 0 Å². The molecule has 0 spiro atoms. The highest BCUT2D eigenvalue weighted by Crippen LogP contribution is 2.26. The van der Waals surface area contributed by atoms with Crippen LogP contribution in [0.5, 0.6) is 5.75 Å². The number of benzene rings is 2. The van der Waals surface area contributed by atoms with Gasteiger partial charge in [0, 0.05) is 10.7 Å². The number of carbonyl (C=O) groups is 1. The molecule has 0 aliphatic heterocycles. The van der Waals surface area contributed by atoms with Gasteiger partial charge in [0.25, 0.3) is 5.91 Å². The Kier molecular flexibility index (Phi) is 5.32. The lowest BCUT2D eigenvalue weighted by Gasteiger charge is -2.16. The molecule has 0 unspecified atom stereocenters. The molecule has 0 heterocycles. The van der Waals surface area contributed by atoms with Gasteiger partial charge in [-0.15, -0.1) is 0 Å². The summed E-state index contributed by atoms with van der Waals surface area (Å²) in [5, 5.41) is 3.61. The van der Waals surface area contributed by atoms with Crippen LogP contribution in [0.3, 0.4) is 0 Å². The molecule has 2 rings (SSSR count). The van der Waals surface area contributed by atoms with Gasteiger partial charge in [0.15, 0.2) is 6.10 Å². The molecular formula is C19H22ClNO2. The summed E-state index contributed by atoms with van der Waals surface area (Å²) in [5.41, 5.74) is 4.98. The molecule has 4 heteroatoms. The molecule has 0 radical (unpaired) electrons. The van der Waals surface area contributed by atoms with Gasteiger partial charge in [-0.2, -0.15) is 0 Å². The summed E-state index contributed by atoms with van der Waals surface area (Å²) in [6.45, 7) is 9.63. The monoisotopic (exact) mass is 331 g/mol. The fourth-order valence-corrected chi connectivity index (χ4v) is 2.40. The van der Waals surface area contributed by atoms with Crippen LogP contribution in [-0.2, 0) is 4.79 Å². The summed E-state index contributed by atoms with van der Waals surface area (Å²) in [4.78, 5) is 12.3. The lowest BCUT2D eigenvalue weighted by Crippen LogP contribution is -2.30. The van der Waals surface area contributed by atoms with Gasteiger partial charge >= 0.3 is 0 Å². The Morgan fingerprint density at radius 2 is 1.61 bits per heavy atom. The Hall–Kier alpha value is -2.00. The van der Waals surface area contributed by atoms with Crippen molar-refractivity contribution in [3.05, 3.63) is 57.6 Å². The van der Waals surface area contributed by atoms with E-state index in [0.29, 0.717) is 5.75 Å². The first-order valence-corrected chi connectivity index (χ1v) is 7.97.